The predicted molar refractivity (Wildman–Crippen MR) is 116 cm³/mol. The molecule has 2 heterocycles. The molecule has 1 aromatic carbocycles. The second-order valence-electron chi connectivity index (χ2n) is 7.58. The van der Waals surface area contributed by atoms with Crippen LogP contribution in [0, 0.1) is 5.92 Å². The summed E-state index contributed by atoms with van der Waals surface area (Å²) < 4.78 is 10.3. The molecule has 1 saturated heterocycles. The number of piperidine rings is 1. The Kier molecular flexibility index (Phi) is 8.43. The fraction of sp³-hybridized carbons (Fsp3) is 0.476. The highest BCUT2D eigenvalue weighted by molar-refractivity contribution is 6.34. The Bertz CT molecular complexity index is 930. The summed E-state index contributed by atoms with van der Waals surface area (Å²) in [6, 6.07) is 6.41. The lowest BCUT2D eigenvalue weighted by Gasteiger charge is -2.31. The van der Waals surface area contributed by atoms with Crippen LogP contribution in [0.2, 0.25) is 10.0 Å². The molecule has 1 aliphatic rings. The van der Waals surface area contributed by atoms with Gasteiger partial charge in [0.15, 0.2) is 0 Å². The smallest absolute Gasteiger partial charge is 0.410 e. The van der Waals surface area contributed by atoms with Crippen LogP contribution in [0.4, 0.5) is 4.79 Å². The van der Waals surface area contributed by atoms with Gasteiger partial charge in [-0.05, 0) is 48.9 Å². The fourth-order valence-corrected chi connectivity index (χ4v) is 4.09. The molecule has 2 N–H and O–H groups in total. The molecule has 1 aliphatic heterocycles. The zero-order chi connectivity index (χ0) is 22.2. The first kappa shape index (κ1) is 23.2. The number of aryl methyl sites for hydroxylation is 1. The third-order valence-corrected chi connectivity index (χ3v) is 5.64. The molecule has 0 spiro atoms. The van der Waals surface area contributed by atoms with E-state index in [-0.39, 0.29) is 30.6 Å². The molecule has 168 valence electrons. The Labute approximate surface area is 189 Å². The number of aromatic amines is 1. The van der Waals surface area contributed by atoms with Crippen molar-refractivity contribution in [1.29, 1.82) is 0 Å². The molecule has 3 rings (SSSR count). The number of halogens is 2. The maximum atomic E-state index is 12.3. The third kappa shape index (κ3) is 7.63. The molecular weight excluding hydrogens is 445 g/mol. The van der Waals surface area contributed by atoms with E-state index in [1.165, 1.54) is 6.07 Å². The van der Waals surface area contributed by atoms with Gasteiger partial charge < -0.3 is 19.5 Å². The number of aromatic nitrogens is 1. The second kappa shape index (κ2) is 11.2. The summed E-state index contributed by atoms with van der Waals surface area (Å²) in [4.78, 5) is 36.9. The first-order chi connectivity index (χ1) is 14.9. The number of rotatable bonds is 8. The van der Waals surface area contributed by atoms with Gasteiger partial charge >= 0.3 is 6.09 Å². The van der Waals surface area contributed by atoms with Crippen LogP contribution in [0.3, 0.4) is 0 Å². The van der Waals surface area contributed by atoms with E-state index in [9.17, 15) is 14.4 Å². The lowest BCUT2D eigenvalue weighted by Crippen LogP contribution is -2.39. The first-order valence-corrected chi connectivity index (χ1v) is 11.0. The monoisotopic (exact) mass is 469 g/mol. The van der Waals surface area contributed by atoms with Gasteiger partial charge in [0.2, 0.25) is 5.91 Å². The molecule has 0 unspecified atom stereocenters. The van der Waals surface area contributed by atoms with Crippen LogP contribution in [0.15, 0.2) is 33.6 Å². The summed E-state index contributed by atoms with van der Waals surface area (Å²) in [5.74, 6) is 0.836. The molecule has 8 nitrogen and oxygen atoms in total. The number of benzene rings is 1. The molecule has 0 bridgehead atoms. The van der Waals surface area contributed by atoms with Gasteiger partial charge in [-0.25, -0.2) is 4.79 Å². The van der Waals surface area contributed by atoms with Crippen molar-refractivity contribution in [2.45, 2.75) is 38.7 Å². The van der Waals surface area contributed by atoms with Crippen molar-refractivity contribution in [2.75, 3.05) is 19.6 Å². The van der Waals surface area contributed by atoms with Crippen molar-refractivity contribution < 1.29 is 18.8 Å². The van der Waals surface area contributed by atoms with Gasteiger partial charge in [0.25, 0.3) is 5.56 Å². The SMILES string of the molecule is O=C(CCc1cc(=O)[nH]o1)NCCC1CCN(C(=O)OCc2cc(Cl)cc(Cl)c2)CC1. The minimum Gasteiger partial charge on any atom is -0.445 e. The lowest BCUT2D eigenvalue weighted by molar-refractivity contribution is -0.121. The summed E-state index contributed by atoms with van der Waals surface area (Å²) in [5.41, 5.74) is 0.439. The average molecular weight is 470 g/mol. The van der Waals surface area contributed by atoms with E-state index in [1.807, 2.05) is 0 Å². The predicted octanol–water partition coefficient (Wildman–Crippen LogP) is 3.76. The Morgan fingerprint density at radius 3 is 2.52 bits per heavy atom. The number of hydrogen-bond acceptors (Lipinski definition) is 5. The maximum Gasteiger partial charge on any atom is 0.410 e. The Hall–Kier alpha value is -2.45. The number of amides is 2. The number of H-pyrrole nitrogens is 1. The van der Waals surface area contributed by atoms with E-state index in [2.05, 4.69) is 10.5 Å². The number of likely N-dealkylation sites (tertiary alicyclic amines) is 1. The molecule has 2 amide bonds. The number of carbonyl (C=O) groups is 2. The molecule has 1 fully saturated rings. The standard InChI is InChI=1S/C21H25Cl2N3O5/c22-16-9-15(10-17(23)11-16)13-30-21(29)26-7-4-14(5-8-26)3-6-24-19(27)2-1-18-12-20(28)25-31-18/h9-12,14H,1-8,13H2,(H,24,27)(H,25,28). The normalized spacial score (nSPS) is 14.5. The fourth-order valence-electron chi connectivity index (χ4n) is 3.52. The zero-order valence-electron chi connectivity index (χ0n) is 17.0. The van der Waals surface area contributed by atoms with Crippen LogP contribution in [-0.4, -0.2) is 41.7 Å². The van der Waals surface area contributed by atoms with Gasteiger partial charge in [0.1, 0.15) is 12.4 Å². The van der Waals surface area contributed by atoms with E-state index in [4.69, 9.17) is 32.5 Å². The van der Waals surface area contributed by atoms with Crippen LogP contribution in [0.25, 0.3) is 0 Å². The van der Waals surface area contributed by atoms with Gasteiger partial charge in [0, 0.05) is 48.6 Å². The number of hydrogen-bond donors (Lipinski definition) is 2. The molecule has 1 aromatic heterocycles. The quantitative estimate of drug-likeness (QED) is 0.612. The molecule has 2 aromatic rings. The Balaban J connectivity index is 1.29. The van der Waals surface area contributed by atoms with Crippen molar-refractivity contribution >= 4 is 35.2 Å². The summed E-state index contributed by atoms with van der Waals surface area (Å²) in [7, 11) is 0. The molecule has 10 heteroatoms. The molecule has 0 saturated carbocycles. The molecular formula is C21H25Cl2N3O5. The summed E-state index contributed by atoms with van der Waals surface area (Å²) >= 11 is 11.9. The largest absolute Gasteiger partial charge is 0.445 e. The molecule has 31 heavy (non-hydrogen) atoms. The van der Waals surface area contributed by atoms with Crippen molar-refractivity contribution in [2.24, 2.45) is 5.92 Å². The van der Waals surface area contributed by atoms with E-state index < -0.39 is 0 Å². The summed E-state index contributed by atoms with van der Waals surface area (Å²) in [5, 5.41) is 6.10. The lowest BCUT2D eigenvalue weighted by atomic mass is 9.94. The number of carbonyl (C=O) groups excluding carboxylic acids is 2. The number of nitrogens with zero attached hydrogens (tertiary/aromatic N) is 1. The highest BCUT2D eigenvalue weighted by atomic mass is 35.5. The Morgan fingerprint density at radius 2 is 1.87 bits per heavy atom. The van der Waals surface area contributed by atoms with E-state index in [0.29, 0.717) is 47.8 Å². The van der Waals surface area contributed by atoms with Gasteiger partial charge in [-0.1, -0.05) is 23.2 Å². The minimum atomic E-state index is -0.348. The van der Waals surface area contributed by atoms with Crippen LogP contribution in [0.1, 0.15) is 37.0 Å². The highest BCUT2D eigenvalue weighted by Crippen LogP contribution is 2.22. The molecule has 0 radical (unpaired) electrons. The summed E-state index contributed by atoms with van der Waals surface area (Å²) in [6.07, 6.45) is 2.88. The minimum absolute atomic E-state index is 0.0778. The Morgan fingerprint density at radius 1 is 1.16 bits per heavy atom. The number of nitrogens with one attached hydrogen (secondary N) is 2. The van der Waals surface area contributed by atoms with Crippen LogP contribution >= 0.6 is 23.2 Å². The third-order valence-electron chi connectivity index (χ3n) is 5.21. The highest BCUT2D eigenvalue weighted by Gasteiger charge is 2.23. The van der Waals surface area contributed by atoms with Crippen LogP contribution in [-0.2, 0) is 22.6 Å². The van der Waals surface area contributed by atoms with Crippen molar-refractivity contribution in [3.05, 3.63) is 56.0 Å². The van der Waals surface area contributed by atoms with E-state index >= 15 is 0 Å². The van der Waals surface area contributed by atoms with Gasteiger partial charge in [-0.15, -0.1) is 0 Å². The van der Waals surface area contributed by atoms with Crippen molar-refractivity contribution in [3.8, 4) is 0 Å². The van der Waals surface area contributed by atoms with Crippen molar-refractivity contribution in [3.63, 3.8) is 0 Å². The van der Waals surface area contributed by atoms with Crippen LogP contribution < -0.4 is 10.9 Å². The zero-order valence-corrected chi connectivity index (χ0v) is 18.5. The topological polar surface area (TPSA) is 105 Å². The van der Waals surface area contributed by atoms with Gasteiger partial charge in [-0.2, -0.15) is 5.16 Å². The van der Waals surface area contributed by atoms with E-state index in [0.717, 1.165) is 24.8 Å². The maximum absolute atomic E-state index is 12.3. The van der Waals surface area contributed by atoms with E-state index in [1.54, 1.807) is 23.1 Å². The van der Waals surface area contributed by atoms with Gasteiger partial charge in [-0.3, -0.25) is 9.59 Å². The number of ether oxygens (including phenoxy) is 1. The van der Waals surface area contributed by atoms with Crippen LogP contribution in [0.5, 0.6) is 0 Å². The van der Waals surface area contributed by atoms with Gasteiger partial charge in [0.05, 0.1) is 0 Å². The second-order valence-corrected chi connectivity index (χ2v) is 8.45. The molecule has 0 atom stereocenters. The first-order valence-electron chi connectivity index (χ1n) is 10.2. The average Bonchev–Trinajstić information content (AvgIpc) is 3.15. The van der Waals surface area contributed by atoms with Crippen molar-refractivity contribution in [1.82, 2.24) is 15.4 Å². The summed E-state index contributed by atoms with van der Waals surface area (Å²) in [6.45, 7) is 1.96. The molecule has 0 aliphatic carbocycles.